The summed E-state index contributed by atoms with van der Waals surface area (Å²) in [7, 11) is 1.57. The minimum atomic E-state index is -0.661. The number of nitrogens with one attached hydrogen (secondary N) is 1. The summed E-state index contributed by atoms with van der Waals surface area (Å²) in [6.45, 7) is 3.86. The predicted octanol–water partition coefficient (Wildman–Crippen LogP) is 2.95. The van der Waals surface area contributed by atoms with E-state index in [9.17, 15) is 4.79 Å². The molecule has 7 heteroatoms. The number of hydrogen-bond donors (Lipinski definition) is 2. The highest BCUT2D eigenvalue weighted by atomic mass is 35.5. The molecule has 0 saturated heterocycles. The van der Waals surface area contributed by atoms with Gasteiger partial charge in [0.15, 0.2) is 0 Å². The van der Waals surface area contributed by atoms with Crippen LogP contribution in [0.5, 0.6) is 0 Å². The molecule has 0 aliphatic carbocycles. The molecule has 1 rings (SSSR count). The average molecular weight is 321 g/mol. The number of nitrogen functional groups attached to an aromatic ring is 1. The molecule has 1 aromatic rings. The van der Waals surface area contributed by atoms with E-state index in [4.69, 9.17) is 38.4 Å². The maximum Gasteiger partial charge on any atom is 0.253 e. The highest BCUT2D eigenvalue weighted by molar-refractivity contribution is 6.37. The molecule has 0 aliphatic heterocycles. The van der Waals surface area contributed by atoms with Gasteiger partial charge in [-0.1, -0.05) is 23.2 Å². The van der Waals surface area contributed by atoms with Crippen LogP contribution in [0, 0.1) is 0 Å². The summed E-state index contributed by atoms with van der Waals surface area (Å²) >= 11 is 11.8. The molecule has 5 nitrogen and oxygen atoms in total. The molecule has 1 aromatic carbocycles. The Labute approximate surface area is 128 Å². The van der Waals surface area contributed by atoms with E-state index >= 15 is 0 Å². The molecule has 0 bridgehead atoms. The lowest BCUT2D eigenvalue weighted by Gasteiger charge is -2.19. The van der Waals surface area contributed by atoms with Gasteiger partial charge in [-0.3, -0.25) is 4.79 Å². The zero-order valence-corrected chi connectivity index (χ0v) is 13.1. The molecule has 20 heavy (non-hydrogen) atoms. The molecule has 0 fully saturated rings. The van der Waals surface area contributed by atoms with Gasteiger partial charge in [-0.2, -0.15) is 0 Å². The van der Waals surface area contributed by atoms with Crippen molar-refractivity contribution in [1.82, 2.24) is 0 Å². The van der Waals surface area contributed by atoms with Gasteiger partial charge in [0, 0.05) is 12.1 Å². The molecule has 0 heterocycles. The van der Waals surface area contributed by atoms with Crippen LogP contribution in [0.2, 0.25) is 10.0 Å². The quantitative estimate of drug-likeness (QED) is 0.790. The van der Waals surface area contributed by atoms with Gasteiger partial charge in [0.05, 0.1) is 29.1 Å². The normalized spacial score (nSPS) is 13.8. The van der Waals surface area contributed by atoms with E-state index in [1.807, 2.05) is 6.92 Å². The molecular formula is C13H18Cl2N2O3. The van der Waals surface area contributed by atoms with Crippen LogP contribution in [-0.2, 0) is 14.3 Å². The largest absolute Gasteiger partial charge is 0.397 e. The van der Waals surface area contributed by atoms with Crippen LogP contribution in [0.4, 0.5) is 11.4 Å². The molecule has 2 unspecified atom stereocenters. The van der Waals surface area contributed by atoms with Crippen molar-refractivity contribution >= 4 is 40.5 Å². The highest BCUT2D eigenvalue weighted by Gasteiger charge is 2.19. The van der Waals surface area contributed by atoms with Gasteiger partial charge in [0.1, 0.15) is 6.10 Å². The van der Waals surface area contributed by atoms with Gasteiger partial charge in [-0.05, 0) is 26.0 Å². The summed E-state index contributed by atoms with van der Waals surface area (Å²) in [5.41, 5.74) is 6.40. The number of anilines is 2. The summed E-state index contributed by atoms with van der Waals surface area (Å²) in [5, 5.41) is 3.32. The number of rotatable bonds is 6. The fraction of sp³-hybridized carbons (Fsp3) is 0.462. The Bertz CT molecular complexity index is 460. The van der Waals surface area contributed by atoms with E-state index in [0.29, 0.717) is 23.0 Å². The van der Waals surface area contributed by atoms with Crippen molar-refractivity contribution in [3.8, 4) is 0 Å². The van der Waals surface area contributed by atoms with E-state index in [0.717, 1.165) is 0 Å². The zero-order chi connectivity index (χ0) is 15.3. The first-order chi connectivity index (χ1) is 9.35. The number of ether oxygens (including phenoxy) is 2. The first-order valence-corrected chi connectivity index (χ1v) is 6.80. The van der Waals surface area contributed by atoms with Gasteiger partial charge in [0.2, 0.25) is 0 Å². The fourth-order valence-electron chi connectivity index (χ4n) is 1.63. The maximum absolute atomic E-state index is 12.0. The Morgan fingerprint density at radius 2 is 2.05 bits per heavy atom. The molecule has 0 radical (unpaired) electrons. The number of halogens is 2. The second kappa shape index (κ2) is 7.69. The first-order valence-electron chi connectivity index (χ1n) is 6.05. The molecule has 0 aromatic heterocycles. The maximum atomic E-state index is 12.0. The Balaban J connectivity index is 2.71. The predicted molar refractivity (Wildman–Crippen MR) is 81.4 cm³/mol. The van der Waals surface area contributed by atoms with Crippen LogP contribution in [0.25, 0.3) is 0 Å². The molecular weight excluding hydrogens is 303 g/mol. The summed E-state index contributed by atoms with van der Waals surface area (Å²) in [4.78, 5) is 12.0. The van der Waals surface area contributed by atoms with Crippen LogP contribution in [0.1, 0.15) is 13.8 Å². The van der Waals surface area contributed by atoms with Crippen molar-refractivity contribution < 1.29 is 14.3 Å². The van der Waals surface area contributed by atoms with Crippen molar-refractivity contribution in [3.05, 3.63) is 22.2 Å². The van der Waals surface area contributed by atoms with Gasteiger partial charge in [-0.15, -0.1) is 0 Å². The first kappa shape index (κ1) is 17.0. The summed E-state index contributed by atoms with van der Waals surface area (Å²) in [5.74, 6) is -0.344. The Morgan fingerprint density at radius 1 is 1.40 bits per heavy atom. The van der Waals surface area contributed by atoms with E-state index in [1.54, 1.807) is 14.0 Å². The third-order valence-corrected chi connectivity index (χ3v) is 3.06. The highest BCUT2D eigenvalue weighted by Crippen LogP contribution is 2.32. The SMILES string of the molecule is COCC(C)OC(C)C(=O)Nc1c(N)cc(Cl)cc1Cl. The van der Waals surface area contributed by atoms with Crippen LogP contribution in [-0.4, -0.2) is 31.8 Å². The fourth-order valence-corrected chi connectivity index (χ4v) is 2.19. The van der Waals surface area contributed by atoms with Crippen LogP contribution in [0.3, 0.4) is 0 Å². The minimum absolute atomic E-state index is 0.196. The third kappa shape index (κ3) is 4.83. The van der Waals surface area contributed by atoms with Crippen LogP contribution >= 0.6 is 23.2 Å². The summed E-state index contributed by atoms with van der Waals surface area (Å²) in [6, 6.07) is 3.02. The van der Waals surface area contributed by atoms with E-state index in [2.05, 4.69) is 5.32 Å². The van der Waals surface area contributed by atoms with E-state index in [-0.39, 0.29) is 17.0 Å². The molecule has 3 N–H and O–H groups in total. The van der Waals surface area contributed by atoms with Crippen LogP contribution in [0.15, 0.2) is 12.1 Å². The van der Waals surface area contributed by atoms with Gasteiger partial charge in [0.25, 0.3) is 5.91 Å². The lowest BCUT2D eigenvalue weighted by molar-refractivity contribution is -0.131. The van der Waals surface area contributed by atoms with Gasteiger partial charge < -0.3 is 20.5 Å². The lowest BCUT2D eigenvalue weighted by atomic mass is 10.2. The summed E-state index contributed by atoms with van der Waals surface area (Å²) < 4.78 is 10.4. The van der Waals surface area contributed by atoms with E-state index < -0.39 is 6.10 Å². The number of nitrogens with two attached hydrogens (primary N) is 1. The number of carbonyl (C=O) groups is 1. The lowest BCUT2D eigenvalue weighted by Crippen LogP contribution is -2.32. The summed E-state index contributed by atoms with van der Waals surface area (Å²) in [6.07, 6.45) is -0.856. The van der Waals surface area contributed by atoms with Crippen molar-refractivity contribution in [2.45, 2.75) is 26.1 Å². The number of methoxy groups -OCH3 is 1. The molecule has 112 valence electrons. The Kier molecular flexibility index (Phi) is 6.55. The standard InChI is InChI=1S/C13H18Cl2N2O3/c1-7(6-19-3)20-8(2)13(18)17-12-10(15)4-9(14)5-11(12)16/h4-5,7-8H,6,16H2,1-3H3,(H,17,18). The average Bonchev–Trinajstić information content (AvgIpc) is 2.33. The second-order valence-electron chi connectivity index (χ2n) is 4.39. The smallest absolute Gasteiger partial charge is 0.253 e. The third-order valence-electron chi connectivity index (χ3n) is 2.54. The van der Waals surface area contributed by atoms with Crippen molar-refractivity contribution in [2.24, 2.45) is 0 Å². The number of hydrogen-bond acceptors (Lipinski definition) is 4. The van der Waals surface area contributed by atoms with Gasteiger partial charge >= 0.3 is 0 Å². The molecule has 2 atom stereocenters. The minimum Gasteiger partial charge on any atom is -0.397 e. The monoisotopic (exact) mass is 320 g/mol. The van der Waals surface area contributed by atoms with E-state index in [1.165, 1.54) is 12.1 Å². The zero-order valence-electron chi connectivity index (χ0n) is 11.6. The number of benzene rings is 1. The molecule has 0 aliphatic rings. The van der Waals surface area contributed by atoms with Crippen molar-refractivity contribution in [3.63, 3.8) is 0 Å². The Morgan fingerprint density at radius 3 is 2.60 bits per heavy atom. The Hall–Kier alpha value is -1.01. The number of amides is 1. The number of carbonyl (C=O) groups excluding carboxylic acids is 1. The molecule has 0 saturated carbocycles. The van der Waals surface area contributed by atoms with Crippen molar-refractivity contribution in [1.29, 1.82) is 0 Å². The molecule has 0 spiro atoms. The van der Waals surface area contributed by atoms with Crippen molar-refractivity contribution in [2.75, 3.05) is 24.8 Å². The second-order valence-corrected chi connectivity index (χ2v) is 5.23. The van der Waals surface area contributed by atoms with Crippen LogP contribution < -0.4 is 11.1 Å². The topological polar surface area (TPSA) is 73.6 Å². The van der Waals surface area contributed by atoms with Gasteiger partial charge in [-0.25, -0.2) is 0 Å². The molecule has 1 amide bonds.